The molecule has 0 bridgehead atoms. The lowest BCUT2D eigenvalue weighted by Gasteiger charge is -2.26. The van der Waals surface area contributed by atoms with Crippen molar-refractivity contribution in [1.82, 2.24) is 9.78 Å². The van der Waals surface area contributed by atoms with Crippen molar-refractivity contribution in [1.29, 1.82) is 0 Å². The molecule has 0 amide bonds. The summed E-state index contributed by atoms with van der Waals surface area (Å²) in [5.41, 5.74) is 1.14. The van der Waals surface area contributed by atoms with Crippen molar-refractivity contribution >= 4 is 0 Å². The number of aliphatic hydroxyl groups is 1. The Kier molecular flexibility index (Phi) is 5.65. The summed E-state index contributed by atoms with van der Waals surface area (Å²) in [6.07, 6.45) is 2.83. The molecule has 1 rings (SSSR count). The van der Waals surface area contributed by atoms with Gasteiger partial charge in [-0.1, -0.05) is 13.8 Å². The standard InChI is InChI=1S/C13H24N2O2/c1-5-17-13(10(2)3)12(16)7-6-11-8-9-14-15(11)4/h8-10,12-13,16H,5-7H2,1-4H3. The SMILES string of the molecule is CCOC(C(C)C)C(O)CCc1ccnn1C. The van der Waals surface area contributed by atoms with Crippen LogP contribution in [0, 0.1) is 5.92 Å². The van der Waals surface area contributed by atoms with E-state index in [1.807, 2.05) is 24.7 Å². The van der Waals surface area contributed by atoms with Crippen LogP contribution < -0.4 is 0 Å². The highest BCUT2D eigenvalue weighted by atomic mass is 16.5. The van der Waals surface area contributed by atoms with Crippen molar-refractivity contribution in [3.63, 3.8) is 0 Å². The lowest BCUT2D eigenvalue weighted by Crippen LogP contribution is -2.34. The van der Waals surface area contributed by atoms with Gasteiger partial charge < -0.3 is 9.84 Å². The molecular formula is C13H24N2O2. The molecule has 0 aliphatic carbocycles. The molecule has 0 saturated heterocycles. The average Bonchev–Trinajstić information content (AvgIpc) is 2.68. The van der Waals surface area contributed by atoms with Gasteiger partial charge in [-0.05, 0) is 31.7 Å². The van der Waals surface area contributed by atoms with Crippen LogP contribution in [0.25, 0.3) is 0 Å². The van der Waals surface area contributed by atoms with Crippen LogP contribution in [0.15, 0.2) is 12.3 Å². The fraction of sp³-hybridized carbons (Fsp3) is 0.769. The third-order valence-electron chi connectivity index (χ3n) is 3.01. The lowest BCUT2D eigenvalue weighted by molar-refractivity contribution is -0.0595. The Labute approximate surface area is 104 Å². The predicted molar refractivity (Wildman–Crippen MR) is 67.8 cm³/mol. The van der Waals surface area contributed by atoms with E-state index >= 15 is 0 Å². The molecule has 0 spiro atoms. The first-order valence-electron chi connectivity index (χ1n) is 6.32. The second kappa shape index (κ2) is 6.77. The fourth-order valence-electron chi connectivity index (χ4n) is 2.05. The quantitative estimate of drug-likeness (QED) is 0.790. The summed E-state index contributed by atoms with van der Waals surface area (Å²) in [5.74, 6) is 0.330. The third kappa shape index (κ3) is 4.13. The molecule has 4 heteroatoms. The first-order chi connectivity index (χ1) is 8.06. The minimum Gasteiger partial charge on any atom is -0.390 e. The summed E-state index contributed by atoms with van der Waals surface area (Å²) in [5, 5.41) is 14.3. The highest BCUT2D eigenvalue weighted by Crippen LogP contribution is 2.15. The monoisotopic (exact) mass is 240 g/mol. The van der Waals surface area contributed by atoms with Gasteiger partial charge >= 0.3 is 0 Å². The number of aromatic nitrogens is 2. The highest BCUT2D eigenvalue weighted by molar-refractivity contribution is 5.00. The van der Waals surface area contributed by atoms with Gasteiger partial charge in [0.2, 0.25) is 0 Å². The second-order valence-corrected chi connectivity index (χ2v) is 4.72. The summed E-state index contributed by atoms with van der Waals surface area (Å²) >= 11 is 0. The minimum atomic E-state index is -0.412. The van der Waals surface area contributed by atoms with Crippen LogP contribution in [0.1, 0.15) is 32.9 Å². The molecule has 1 N–H and O–H groups in total. The van der Waals surface area contributed by atoms with E-state index in [9.17, 15) is 5.11 Å². The number of aliphatic hydroxyl groups excluding tert-OH is 1. The maximum atomic E-state index is 10.1. The third-order valence-corrected chi connectivity index (χ3v) is 3.01. The van der Waals surface area contributed by atoms with Crippen molar-refractivity contribution in [2.45, 2.75) is 45.8 Å². The summed E-state index contributed by atoms with van der Waals surface area (Å²) in [7, 11) is 1.92. The van der Waals surface area contributed by atoms with Crippen LogP contribution in [0.4, 0.5) is 0 Å². The molecule has 1 aromatic rings. The van der Waals surface area contributed by atoms with Gasteiger partial charge in [0.25, 0.3) is 0 Å². The molecule has 1 aromatic heterocycles. The molecule has 2 unspecified atom stereocenters. The Bertz CT molecular complexity index is 323. The van der Waals surface area contributed by atoms with E-state index in [1.165, 1.54) is 0 Å². The predicted octanol–water partition coefficient (Wildman–Crippen LogP) is 1.77. The van der Waals surface area contributed by atoms with E-state index in [4.69, 9.17) is 4.74 Å². The van der Waals surface area contributed by atoms with Gasteiger partial charge in [0.1, 0.15) is 0 Å². The molecule has 1 heterocycles. The lowest BCUT2D eigenvalue weighted by atomic mass is 9.97. The van der Waals surface area contributed by atoms with Gasteiger partial charge in [0, 0.05) is 25.5 Å². The van der Waals surface area contributed by atoms with Crippen LogP contribution in [0.3, 0.4) is 0 Å². The topological polar surface area (TPSA) is 47.3 Å². The Morgan fingerprint density at radius 2 is 2.18 bits per heavy atom. The normalized spacial score (nSPS) is 15.2. The maximum Gasteiger partial charge on any atom is 0.0856 e. The summed E-state index contributed by atoms with van der Waals surface area (Å²) < 4.78 is 7.44. The van der Waals surface area contributed by atoms with Crippen molar-refractivity contribution in [3.05, 3.63) is 18.0 Å². The smallest absolute Gasteiger partial charge is 0.0856 e. The van der Waals surface area contributed by atoms with Gasteiger partial charge in [-0.3, -0.25) is 4.68 Å². The number of ether oxygens (including phenoxy) is 1. The number of aryl methyl sites for hydroxylation is 2. The van der Waals surface area contributed by atoms with Gasteiger partial charge in [0.15, 0.2) is 0 Å². The molecule has 0 radical (unpaired) electrons. The van der Waals surface area contributed by atoms with Crippen LogP contribution >= 0.6 is 0 Å². The molecular weight excluding hydrogens is 216 g/mol. The van der Waals surface area contributed by atoms with E-state index in [0.717, 1.165) is 12.1 Å². The summed E-state index contributed by atoms with van der Waals surface area (Å²) in [6, 6.07) is 1.98. The first-order valence-corrected chi connectivity index (χ1v) is 6.32. The maximum absolute atomic E-state index is 10.1. The molecule has 98 valence electrons. The zero-order valence-electron chi connectivity index (χ0n) is 11.3. The van der Waals surface area contributed by atoms with Crippen molar-refractivity contribution in [2.75, 3.05) is 6.61 Å². The molecule has 0 fully saturated rings. The molecule has 0 aromatic carbocycles. The van der Waals surface area contributed by atoms with Gasteiger partial charge in [-0.25, -0.2) is 0 Å². The molecule has 0 aliphatic heterocycles. The number of nitrogens with zero attached hydrogens (tertiary/aromatic N) is 2. The molecule has 0 saturated carbocycles. The van der Waals surface area contributed by atoms with Crippen LogP contribution in [-0.4, -0.2) is 33.7 Å². The zero-order chi connectivity index (χ0) is 12.8. The van der Waals surface area contributed by atoms with Crippen LogP contribution in [0.2, 0.25) is 0 Å². The Hall–Kier alpha value is -0.870. The second-order valence-electron chi connectivity index (χ2n) is 4.72. The summed E-state index contributed by atoms with van der Waals surface area (Å²) in [6.45, 7) is 6.76. The Morgan fingerprint density at radius 1 is 1.47 bits per heavy atom. The van der Waals surface area contributed by atoms with E-state index in [-0.39, 0.29) is 6.10 Å². The zero-order valence-corrected chi connectivity index (χ0v) is 11.3. The Balaban J connectivity index is 2.47. The number of hydrogen-bond acceptors (Lipinski definition) is 3. The van der Waals surface area contributed by atoms with Crippen molar-refractivity contribution < 1.29 is 9.84 Å². The molecule has 17 heavy (non-hydrogen) atoms. The average molecular weight is 240 g/mol. The Morgan fingerprint density at radius 3 is 2.65 bits per heavy atom. The summed E-state index contributed by atoms with van der Waals surface area (Å²) in [4.78, 5) is 0. The van der Waals surface area contributed by atoms with E-state index in [2.05, 4.69) is 18.9 Å². The van der Waals surface area contributed by atoms with E-state index in [0.29, 0.717) is 18.9 Å². The van der Waals surface area contributed by atoms with E-state index in [1.54, 1.807) is 6.20 Å². The van der Waals surface area contributed by atoms with Gasteiger partial charge in [0.05, 0.1) is 12.2 Å². The fourth-order valence-corrected chi connectivity index (χ4v) is 2.05. The minimum absolute atomic E-state index is 0.0757. The largest absolute Gasteiger partial charge is 0.390 e. The van der Waals surface area contributed by atoms with Crippen LogP contribution in [-0.2, 0) is 18.2 Å². The molecule has 0 aliphatic rings. The highest BCUT2D eigenvalue weighted by Gasteiger charge is 2.22. The van der Waals surface area contributed by atoms with Gasteiger partial charge in [-0.15, -0.1) is 0 Å². The number of hydrogen-bond donors (Lipinski definition) is 1. The van der Waals surface area contributed by atoms with Crippen molar-refractivity contribution in [3.8, 4) is 0 Å². The van der Waals surface area contributed by atoms with Crippen LogP contribution in [0.5, 0.6) is 0 Å². The number of rotatable bonds is 7. The molecule has 2 atom stereocenters. The van der Waals surface area contributed by atoms with Gasteiger partial charge in [-0.2, -0.15) is 5.10 Å². The van der Waals surface area contributed by atoms with E-state index < -0.39 is 6.10 Å². The first kappa shape index (κ1) is 14.2. The van der Waals surface area contributed by atoms with Crippen molar-refractivity contribution in [2.24, 2.45) is 13.0 Å². The molecule has 4 nitrogen and oxygen atoms in total.